The maximum absolute atomic E-state index is 4.56. The summed E-state index contributed by atoms with van der Waals surface area (Å²) in [5.41, 5.74) is 2.30. The summed E-state index contributed by atoms with van der Waals surface area (Å²) in [6.07, 6.45) is 4.49. The minimum atomic E-state index is 0.540. The number of rotatable bonds is 2. The van der Waals surface area contributed by atoms with Gasteiger partial charge in [0.15, 0.2) is 0 Å². The predicted molar refractivity (Wildman–Crippen MR) is 63.8 cm³/mol. The van der Waals surface area contributed by atoms with Gasteiger partial charge >= 0.3 is 0 Å². The van der Waals surface area contributed by atoms with Crippen molar-refractivity contribution in [1.82, 2.24) is 9.97 Å². The fourth-order valence-corrected chi connectivity index (χ4v) is 3.34. The van der Waals surface area contributed by atoms with Gasteiger partial charge < -0.3 is 0 Å². The highest BCUT2D eigenvalue weighted by atomic mass is 79.9. The Morgan fingerprint density at radius 2 is 2.50 bits per heavy atom. The van der Waals surface area contributed by atoms with E-state index in [1.54, 1.807) is 0 Å². The van der Waals surface area contributed by atoms with Crippen molar-refractivity contribution in [2.24, 2.45) is 0 Å². The van der Waals surface area contributed by atoms with Gasteiger partial charge in [-0.05, 0) is 25.5 Å². The van der Waals surface area contributed by atoms with E-state index in [2.05, 4.69) is 32.8 Å². The summed E-state index contributed by atoms with van der Waals surface area (Å²) >= 11 is 5.41. The second kappa shape index (κ2) is 4.62. The van der Waals surface area contributed by atoms with E-state index in [1.807, 2.05) is 18.0 Å². The van der Waals surface area contributed by atoms with Gasteiger partial charge in [-0.15, -0.1) is 0 Å². The minimum absolute atomic E-state index is 0.540. The van der Waals surface area contributed by atoms with Crippen LogP contribution in [0.15, 0.2) is 6.20 Å². The molecule has 1 aromatic heterocycles. The maximum atomic E-state index is 4.56. The van der Waals surface area contributed by atoms with Crippen LogP contribution in [0.1, 0.15) is 35.2 Å². The average molecular weight is 273 g/mol. The normalized spacial score (nSPS) is 21.4. The zero-order valence-electron chi connectivity index (χ0n) is 8.16. The first-order valence-electron chi connectivity index (χ1n) is 4.81. The lowest BCUT2D eigenvalue weighted by Gasteiger charge is -2.08. The van der Waals surface area contributed by atoms with Crippen LogP contribution < -0.4 is 0 Å². The summed E-state index contributed by atoms with van der Waals surface area (Å²) in [6, 6.07) is 0. The highest BCUT2D eigenvalue weighted by molar-refractivity contribution is 9.08. The van der Waals surface area contributed by atoms with Gasteiger partial charge in [0.1, 0.15) is 5.82 Å². The number of hydrogen-bond acceptors (Lipinski definition) is 3. The topological polar surface area (TPSA) is 25.8 Å². The summed E-state index contributed by atoms with van der Waals surface area (Å²) in [7, 11) is 0. The van der Waals surface area contributed by atoms with Crippen molar-refractivity contribution in [2.45, 2.75) is 30.3 Å². The van der Waals surface area contributed by atoms with Gasteiger partial charge in [-0.25, -0.2) is 9.97 Å². The number of hydrogen-bond donors (Lipinski definition) is 0. The fraction of sp³-hybridized carbons (Fsp3) is 0.600. The molecular weight excluding hydrogens is 260 g/mol. The molecule has 0 saturated carbocycles. The Balaban J connectivity index is 2.23. The first-order chi connectivity index (χ1) is 6.81. The minimum Gasteiger partial charge on any atom is -0.240 e. The van der Waals surface area contributed by atoms with E-state index in [1.165, 1.54) is 24.2 Å². The second-order valence-electron chi connectivity index (χ2n) is 3.47. The highest BCUT2D eigenvalue weighted by Crippen LogP contribution is 2.38. The van der Waals surface area contributed by atoms with E-state index in [4.69, 9.17) is 0 Å². The molecule has 0 aromatic carbocycles. The van der Waals surface area contributed by atoms with Gasteiger partial charge in [0.2, 0.25) is 0 Å². The summed E-state index contributed by atoms with van der Waals surface area (Å²) in [6.45, 7) is 2.06. The summed E-state index contributed by atoms with van der Waals surface area (Å²) in [4.78, 5) is 8.99. The Kier molecular flexibility index (Phi) is 3.44. The first-order valence-corrected chi connectivity index (χ1v) is 6.98. The Morgan fingerprint density at radius 1 is 1.64 bits per heavy atom. The molecule has 0 amide bonds. The van der Waals surface area contributed by atoms with Crippen LogP contribution >= 0.6 is 27.7 Å². The average Bonchev–Trinajstić information content (AvgIpc) is 2.70. The predicted octanol–water partition coefficient (Wildman–Crippen LogP) is 3.25. The third kappa shape index (κ3) is 2.11. The molecule has 76 valence electrons. The van der Waals surface area contributed by atoms with Gasteiger partial charge in [0.05, 0.1) is 5.25 Å². The van der Waals surface area contributed by atoms with Crippen LogP contribution in [-0.4, -0.2) is 15.7 Å². The molecule has 1 fully saturated rings. The van der Waals surface area contributed by atoms with Crippen molar-refractivity contribution < 1.29 is 0 Å². The zero-order valence-corrected chi connectivity index (χ0v) is 10.6. The lowest BCUT2D eigenvalue weighted by Crippen LogP contribution is -2.01. The monoisotopic (exact) mass is 272 g/mol. The summed E-state index contributed by atoms with van der Waals surface area (Å²) < 4.78 is 0. The summed E-state index contributed by atoms with van der Waals surface area (Å²) in [5, 5.41) is 1.38. The van der Waals surface area contributed by atoms with Gasteiger partial charge in [0, 0.05) is 22.8 Å². The highest BCUT2D eigenvalue weighted by Gasteiger charge is 2.20. The van der Waals surface area contributed by atoms with Gasteiger partial charge in [0.25, 0.3) is 0 Å². The molecule has 1 unspecified atom stereocenters. The Hall–Kier alpha value is -0.0900. The molecule has 0 bridgehead atoms. The molecule has 0 N–H and O–H groups in total. The Labute approximate surface area is 97.0 Å². The van der Waals surface area contributed by atoms with Crippen LogP contribution in [-0.2, 0) is 5.33 Å². The summed E-state index contributed by atoms with van der Waals surface area (Å²) in [5.74, 6) is 2.28. The molecule has 2 heterocycles. The van der Waals surface area contributed by atoms with Crippen LogP contribution in [0, 0.1) is 6.92 Å². The standard InChI is InChI=1S/C10H13BrN2S/c1-7-8(5-11)6-12-10(13-7)9-3-2-4-14-9/h6,9H,2-5H2,1H3. The molecule has 4 heteroatoms. The lowest BCUT2D eigenvalue weighted by atomic mass is 10.2. The Morgan fingerprint density at radius 3 is 3.07 bits per heavy atom. The quantitative estimate of drug-likeness (QED) is 0.773. The van der Waals surface area contributed by atoms with Crippen molar-refractivity contribution >= 4 is 27.7 Å². The molecule has 14 heavy (non-hydrogen) atoms. The SMILES string of the molecule is Cc1nc(C2CCCS2)ncc1CBr. The third-order valence-corrected chi connectivity index (χ3v) is 4.44. The van der Waals surface area contributed by atoms with Crippen LogP contribution in [0.4, 0.5) is 0 Å². The molecule has 2 nitrogen and oxygen atoms in total. The van der Waals surface area contributed by atoms with Crippen molar-refractivity contribution in [2.75, 3.05) is 5.75 Å². The van der Waals surface area contributed by atoms with E-state index in [0.717, 1.165) is 16.8 Å². The largest absolute Gasteiger partial charge is 0.240 e. The number of alkyl halides is 1. The van der Waals surface area contributed by atoms with E-state index < -0.39 is 0 Å². The van der Waals surface area contributed by atoms with Crippen LogP contribution in [0.5, 0.6) is 0 Å². The molecule has 0 aliphatic carbocycles. The number of aryl methyl sites for hydroxylation is 1. The molecule has 1 saturated heterocycles. The molecule has 1 aromatic rings. The van der Waals surface area contributed by atoms with E-state index >= 15 is 0 Å². The molecule has 1 aliphatic rings. The third-order valence-electron chi connectivity index (χ3n) is 2.46. The van der Waals surface area contributed by atoms with Crippen molar-refractivity contribution in [3.63, 3.8) is 0 Å². The maximum Gasteiger partial charge on any atom is 0.141 e. The van der Waals surface area contributed by atoms with Crippen molar-refractivity contribution in [1.29, 1.82) is 0 Å². The fourth-order valence-electron chi connectivity index (χ4n) is 1.58. The molecule has 0 radical (unpaired) electrons. The van der Waals surface area contributed by atoms with Crippen LogP contribution in [0.25, 0.3) is 0 Å². The van der Waals surface area contributed by atoms with E-state index in [9.17, 15) is 0 Å². The van der Waals surface area contributed by atoms with Crippen LogP contribution in [0.2, 0.25) is 0 Å². The number of aromatic nitrogens is 2. The number of nitrogens with zero attached hydrogens (tertiary/aromatic N) is 2. The second-order valence-corrected chi connectivity index (χ2v) is 5.35. The molecule has 2 rings (SSSR count). The van der Waals surface area contributed by atoms with Gasteiger partial charge in [-0.3, -0.25) is 0 Å². The smallest absolute Gasteiger partial charge is 0.141 e. The Bertz CT molecular complexity index is 324. The number of halogens is 1. The van der Waals surface area contributed by atoms with E-state index in [-0.39, 0.29) is 0 Å². The van der Waals surface area contributed by atoms with Gasteiger partial charge in [-0.2, -0.15) is 11.8 Å². The molecule has 1 atom stereocenters. The van der Waals surface area contributed by atoms with Crippen molar-refractivity contribution in [3.8, 4) is 0 Å². The van der Waals surface area contributed by atoms with Crippen molar-refractivity contribution in [3.05, 3.63) is 23.3 Å². The van der Waals surface area contributed by atoms with E-state index in [0.29, 0.717) is 5.25 Å². The molecular formula is C10H13BrN2S. The zero-order chi connectivity index (χ0) is 9.97. The number of thioether (sulfide) groups is 1. The first kappa shape index (κ1) is 10.4. The molecule has 1 aliphatic heterocycles. The molecule has 0 spiro atoms. The lowest BCUT2D eigenvalue weighted by molar-refractivity contribution is 0.768. The van der Waals surface area contributed by atoms with Crippen LogP contribution in [0.3, 0.4) is 0 Å². The van der Waals surface area contributed by atoms with Gasteiger partial charge in [-0.1, -0.05) is 15.9 Å².